The smallest absolute Gasteiger partial charge is 0.283 e. The number of hydrogen-bond donors (Lipinski definition) is 1. The van der Waals surface area contributed by atoms with Crippen molar-refractivity contribution in [1.29, 1.82) is 0 Å². The Bertz CT molecular complexity index is 474. The monoisotopic (exact) mass is 186 g/mol. The number of fused-ring (bicyclic) bond motifs is 1. The van der Waals surface area contributed by atoms with Crippen molar-refractivity contribution in [3.63, 3.8) is 0 Å². The molecule has 14 heavy (non-hydrogen) atoms. The van der Waals surface area contributed by atoms with E-state index in [4.69, 9.17) is 5.73 Å². The Morgan fingerprint density at radius 1 is 1.43 bits per heavy atom. The van der Waals surface area contributed by atoms with E-state index < -0.39 is 0 Å². The summed E-state index contributed by atoms with van der Waals surface area (Å²) in [4.78, 5) is 10.8. The fraction of sp³-hybridized carbons (Fsp3) is 0.0909. The number of pyridine rings is 1. The highest BCUT2D eigenvalue weighted by Gasteiger charge is 2.09. The first-order valence-electron chi connectivity index (χ1n) is 4.34. The van der Waals surface area contributed by atoms with Gasteiger partial charge in [-0.15, -0.1) is 0 Å². The molecule has 2 rings (SSSR count). The third-order valence-corrected chi connectivity index (χ3v) is 2.04. The van der Waals surface area contributed by atoms with Crippen molar-refractivity contribution in [2.45, 2.75) is 6.54 Å². The Morgan fingerprint density at radius 2 is 2.21 bits per heavy atom. The summed E-state index contributed by atoms with van der Waals surface area (Å²) in [7, 11) is 0. The molecular weight excluding hydrogens is 176 g/mol. The van der Waals surface area contributed by atoms with E-state index in [0.29, 0.717) is 0 Å². The van der Waals surface area contributed by atoms with E-state index in [0.717, 1.165) is 10.9 Å². The van der Waals surface area contributed by atoms with Crippen molar-refractivity contribution >= 4 is 16.8 Å². The molecule has 1 heterocycles. The molecule has 3 heteroatoms. The topological polar surface area (TPSA) is 47.0 Å². The maximum Gasteiger partial charge on any atom is 0.283 e. The van der Waals surface area contributed by atoms with Crippen LogP contribution in [0.3, 0.4) is 0 Å². The van der Waals surface area contributed by atoms with Gasteiger partial charge in [0.25, 0.3) is 5.91 Å². The Labute approximate surface area is 81.8 Å². The lowest BCUT2D eigenvalue weighted by molar-refractivity contribution is -0.658. The Balaban J connectivity index is 2.59. The van der Waals surface area contributed by atoms with Crippen LogP contribution in [0, 0.1) is 6.07 Å². The number of nitrogens with zero attached hydrogens (tertiary/aromatic N) is 1. The van der Waals surface area contributed by atoms with E-state index in [1.165, 1.54) is 0 Å². The second-order valence-electron chi connectivity index (χ2n) is 3.09. The molecule has 0 spiro atoms. The molecule has 0 aliphatic carbocycles. The van der Waals surface area contributed by atoms with Gasteiger partial charge in [0.1, 0.15) is 0 Å². The predicted molar refractivity (Wildman–Crippen MR) is 52.2 cm³/mol. The van der Waals surface area contributed by atoms with Crippen molar-refractivity contribution in [3.8, 4) is 0 Å². The van der Waals surface area contributed by atoms with Crippen molar-refractivity contribution in [2.24, 2.45) is 5.73 Å². The number of aromatic nitrogens is 1. The summed E-state index contributed by atoms with van der Waals surface area (Å²) in [5.41, 5.74) is 6.13. The summed E-state index contributed by atoms with van der Waals surface area (Å²) >= 11 is 0. The molecule has 1 amide bonds. The van der Waals surface area contributed by atoms with E-state index >= 15 is 0 Å². The number of carbonyl (C=O) groups excluding carboxylic acids is 1. The molecule has 1 aromatic carbocycles. The number of primary amides is 1. The molecule has 0 saturated heterocycles. The van der Waals surface area contributed by atoms with E-state index in [2.05, 4.69) is 6.07 Å². The molecule has 0 aliphatic heterocycles. The number of nitrogens with two attached hydrogens (primary N) is 1. The van der Waals surface area contributed by atoms with Crippen LogP contribution in [0.5, 0.6) is 0 Å². The molecule has 3 nitrogen and oxygen atoms in total. The second-order valence-corrected chi connectivity index (χ2v) is 3.09. The highest BCUT2D eigenvalue weighted by Crippen LogP contribution is 2.06. The number of carbonyl (C=O) groups is 1. The van der Waals surface area contributed by atoms with E-state index in [9.17, 15) is 4.79 Å². The van der Waals surface area contributed by atoms with Gasteiger partial charge in [-0.25, -0.2) is 0 Å². The number of hydrogen-bond acceptors (Lipinski definition) is 1. The van der Waals surface area contributed by atoms with Crippen LogP contribution in [0.1, 0.15) is 0 Å². The Hall–Kier alpha value is -1.90. The average Bonchev–Trinajstić information content (AvgIpc) is 2.18. The minimum Gasteiger partial charge on any atom is -0.364 e. The van der Waals surface area contributed by atoms with Gasteiger partial charge in [-0.2, -0.15) is 4.57 Å². The molecule has 0 aliphatic rings. The summed E-state index contributed by atoms with van der Waals surface area (Å²) < 4.78 is 1.79. The minimum absolute atomic E-state index is 0.192. The molecule has 0 bridgehead atoms. The number of rotatable bonds is 2. The fourth-order valence-corrected chi connectivity index (χ4v) is 1.46. The lowest BCUT2D eigenvalue weighted by Gasteiger charge is -1.97. The van der Waals surface area contributed by atoms with Crippen LogP contribution < -0.4 is 10.3 Å². The quantitative estimate of drug-likeness (QED) is 0.678. The summed E-state index contributed by atoms with van der Waals surface area (Å²) in [5, 5.41) is 1.05. The first-order chi connectivity index (χ1) is 6.77. The van der Waals surface area contributed by atoms with Crippen LogP contribution >= 0.6 is 0 Å². The van der Waals surface area contributed by atoms with Crippen molar-refractivity contribution in [3.05, 3.63) is 42.6 Å². The molecular formula is C11H10N2O+. The zero-order valence-corrected chi connectivity index (χ0v) is 7.60. The number of para-hydroxylation sites is 1. The zero-order chi connectivity index (χ0) is 9.97. The molecule has 0 saturated carbocycles. The van der Waals surface area contributed by atoms with Crippen LogP contribution in [-0.4, -0.2) is 5.91 Å². The highest BCUT2D eigenvalue weighted by atomic mass is 16.1. The van der Waals surface area contributed by atoms with Gasteiger partial charge in [-0.1, -0.05) is 12.1 Å². The molecule has 2 N–H and O–H groups in total. The molecule has 69 valence electrons. The maximum absolute atomic E-state index is 10.8. The van der Waals surface area contributed by atoms with Gasteiger partial charge >= 0.3 is 0 Å². The first-order valence-corrected chi connectivity index (χ1v) is 4.34. The third-order valence-electron chi connectivity index (χ3n) is 2.04. The van der Waals surface area contributed by atoms with Crippen LogP contribution in [0.2, 0.25) is 0 Å². The fourth-order valence-electron chi connectivity index (χ4n) is 1.46. The Morgan fingerprint density at radius 3 is 3.00 bits per heavy atom. The molecule has 2 aromatic rings. The van der Waals surface area contributed by atoms with Gasteiger partial charge in [-0.3, -0.25) is 4.79 Å². The molecule has 0 atom stereocenters. The van der Waals surface area contributed by atoms with Crippen LogP contribution in [0.4, 0.5) is 0 Å². The first kappa shape index (κ1) is 8.69. The van der Waals surface area contributed by atoms with Crippen LogP contribution in [0.25, 0.3) is 10.9 Å². The van der Waals surface area contributed by atoms with E-state index in [1.807, 2.05) is 30.3 Å². The average molecular weight is 186 g/mol. The van der Waals surface area contributed by atoms with Gasteiger partial charge in [0.15, 0.2) is 6.20 Å². The second kappa shape index (κ2) is 3.46. The summed E-state index contributed by atoms with van der Waals surface area (Å²) in [6.45, 7) is 0.192. The minimum atomic E-state index is -0.347. The highest BCUT2D eigenvalue weighted by molar-refractivity contribution is 5.76. The van der Waals surface area contributed by atoms with Crippen LogP contribution in [-0.2, 0) is 11.3 Å². The largest absolute Gasteiger partial charge is 0.364 e. The van der Waals surface area contributed by atoms with Gasteiger partial charge in [0.2, 0.25) is 12.1 Å². The lowest BCUT2D eigenvalue weighted by atomic mass is 10.2. The Kier molecular flexibility index (Phi) is 2.14. The van der Waals surface area contributed by atoms with Crippen molar-refractivity contribution in [2.75, 3.05) is 0 Å². The predicted octanol–water partition coefficient (Wildman–Crippen LogP) is 0.413. The number of amides is 1. The van der Waals surface area contributed by atoms with Crippen LogP contribution in [0.15, 0.2) is 36.5 Å². The molecule has 1 aromatic heterocycles. The third kappa shape index (κ3) is 1.57. The molecule has 1 radical (unpaired) electrons. The standard InChI is InChI=1S/C11H9N2O/c12-11(14)8-13-7-3-5-9-4-1-2-6-10(9)13/h1-2,4-7H,8H2,(H-,12,14)/p+1. The SMILES string of the molecule is NC(=O)C[n+]1c[c]cc2ccccc21. The molecule has 0 unspecified atom stereocenters. The van der Waals surface area contributed by atoms with Crippen molar-refractivity contribution < 1.29 is 9.36 Å². The normalized spacial score (nSPS) is 10.3. The van der Waals surface area contributed by atoms with Gasteiger partial charge in [0, 0.05) is 11.5 Å². The number of benzene rings is 1. The lowest BCUT2D eigenvalue weighted by Crippen LogP contribution is -2.41. The van der Waals surface area contributed by atoms with E-state index in [-0.39, 0.29) is 12.5 Å². The van der Waals surface area contributed by atoms with Gasteiger partial charge in [-0.05, 0) is 12.1 Å². The summed E-state index contributed by atoms with van der Waals surface area (Å²) in [6, 6.07) is 12.7. The molecule has 0 fully saturated rings. The maximum atomic E-state index is 10.8. The van der Waals surface area contributed by atoms with Crippen molar-refractivity contribution in [1.82, 2.24) is 0 Å². The van der Waals surface area contributed by atoms with Gasteiger partial charge in [0.05, 0.1) is 6.07 Å². The van der Waals surface area contributed by atoms with Gasteiger partial charge < -0.3 is 5.73 Å². The zero-order valence-electron chi connectivity index (χ0n) is 7.60. The summed E-state index contributed by atoms with van der Waals surface area (Å²) in [6.07, 6.45) is 1.73. The van der Waals surface area contributed by atoms with E-state index in [1.54, 1.807) is 10.8 Å². The summed E-state index contributed by atoms with van der Waals surface area (Å²) in [5.74, 6) is -0.347.